The van der Waals surface area contributed by atoms with Crippen molar-refractivity contribution in [1.82, 2.24) is 29.6 Å². The van der Waals surface area contributed by atoms with Crippen LogP contribution in [0.1, 0.15) is 47.2 Å². The molecule has 0 aliphatic carbocycles. The highest BCUT2D eigenvalue weighted by atomic mass is 16.5. The lowest BCUT2D eigenvalue weighted by Crippen LogP contribution is -2.61. The Morgan fingerprint density at radius 2 is 1.64 bits per heavy atom. The molecule has 0 saturated carbocycles. The van der Waals surface area contributed by atoms with Crippen LogP contribution in [-0.4, -0.2) is 122 Å². The van der Waals surface area contributed by atoms with Crippen LogP contribution < -0.4 is 30.1 Å². The minimum absolute atomic E-state index is 0.0903. The van der Waals surface area contributed by atoms with Crippen molar-refractivity contribution in [3.63, 3.8) is 0 Å². The van der Waals surface area contributed by atoms with E-state index in [1.54, 1.807) is 36.9 Å². The van der Waals surface area contributed by atoms with E-state index in [1.165, 1.54) is 12.8 Å². The maximum Gasteiger partial charge on any atom is 0.259 e. The SMILES string of the molecule is COc1cc(-c2cn(C)c(=O)c3cnc(N(C)C)cc23)cc(OC)c1CN1CC(CN2CCC3(CC2)CN(c2ccc4c(c2)C(=O)N(C2CCC(=O)NC2=O)C4)C3)C1. The molecule has 9 rings (SSSR count). The molecular formula is C44H52N8O6. The maximum atomic E-state index is 13.4. The van der Waals surface area contributed by atoms with Gasteiger partial charge in [0.1, 0.15) is 23.4 Å². The number of hydrogen-bond acceptors (Lipinski definition) is 11. The number of amides is 3. The molecule has 3 amide bonds. The molecule has 2 aromatic carbocycles. The second-order valence-corrected chi connectivity index (χ2v) is 17.3. The van der Waals surface area contributed by atoms with Crippen molar-refractivity contribution in [3.05, 3.63) is 75.8 Å². The Bertz CT molecular complexity index is 2350. The van der Waals surface area contributed by atoms with E-state index in [0.29, 0.717) is 35.2 Å². The first-order valence-electron chi connectivity index (χ1n) is 20.3. The third-order valence-electron chi connectivity index (χ3n) is 13.2. The minimum Gasteiger partial charge on any atom is -0.496 e. The van der Waals surface area contributed by atoms with E-state index < -0.39 is 6.04 Å². The second kappa shape index (κ2) is 14.7. The van der Waals surface area contributed by atoms with Gasteiger partial charge in [-0.3, -0.25) is 29.4 Å². The van der Waals surface area contributed by atoms with Crippen molar-refractivity contribution in [2.45, 2.75) is 44.8 Å². The zero-order chi connectivity index (χ0) is 40.5. The molecule has 0 radical (unpaired) electrons. The Morgan fingerprint density at radius 1 is 0.914 bits per heavy atom. The third-order valence-corrected chi connectivity index (χ3v) is 13.2. The summed E-state index contributed by atoms with van der Waals surface area (Å²) in [6.45, 7) is 8.47. The fraction of sp³-hybridized carbons (Fsp3) is 0.477. The van der Waals surface area contributed by atoms with Crippen LogP contribution in [0.3, 0.4) is 0 Å². The highest BCUT2D eigenvalue weighted by Gasteiger charge is 2.46. The predicted molar refractivity (Wildman–Crippen MR) is 221 cm³/mol. The number of piperidine rings is 2. The van der Waals surface area contributed by atoms with Crippen LogP contribution in [-0.2, 0) is 29.7 Å². The zero-order valence-corrected chi connectivity index (χ0v) is 34.0. The number of nitrogens with one attached hydrogen (secondary N) is 1. The van der Waals surface area contributed by atoms with E-state index in [2.05, 4.69) is 43.2 Å². The highest BCUT2D eigenvalue weighted by molar-refractivity contribution is 6.05. The molecule has 14 nitrogen and oxygen atoms in total. The van der Waals surface area contributed by atoms with Gasteiger partial charge >= 0.3 is 0 Å². The largest absolute Gasteiger partial charge is 0.496 e. The van der Waals surface area contributed by atoms with Crippen molar-refractivity contribution in [2.75, 3.05) is 83.9 Å². The molecular weight excluding hydrogens is 737 g/mol. The lowest BCUT2D eigenvalue weighted by atomic mass is 9.71. The van der Waals surface area contributed by atoms with E-state index in [0.717, 1.165) is 103 Å². The Kier molecular flexibility index (Phi) is 9.66. The molecule has 4 aromatic rings. The number of pyridine rings is 2. The lowest BCUT2D eigenvalue weighted by molar-refractivity contribution is -0.136. The summed E-state index contributed by atoms with van der Waals surface area (Å²) in [6.07, 6.45) is 6.51. The molecule has 1 atom stereocenters. The normalized spacial score (nSPS) is 20.9. The van der Waals surface area contributed by atoms with Crippen LogP contribution in [0, 0.1) is 11.3 Å². The molecule has 4 saturated heterocycles. The average molecular weight is 789 g/mol. The monoisotopic (exact) mass is 788 g/mol. The van der Waals surface area contributed by atoms with Crippen LogP contribution in [0.15, 0.2) is 53.6 Å². The smallest absolute Gasteiger partial charge is 0.259 e. The first kappa shape index (κ1) is 38.1. The molecule has 5 aliphatic heterocycles. The molecule has 4 fully saturated rings. The third kappa shape index (κ3) is 6.75. The summed E-state index contributed by atoms with van der Waals surface area (Å²) in [7, 11) is 9.04. The number of fused-ring (bicyclic) bond motifs is 2. The van der Waals surface area contributed by atoms with Crippen molar-refractivity contribution in [1.29, 1.82) is 0 Å². The number of benzene rings is 2. The van der Waals surface area contributed by atoms with E-state index in [-0.39, 0.29) is 29.7 Å². The van der Waals surface area contributed by atoms with E-state index in [4.69, 9.17) is 9.47 Å². The number of carbonyl (C=O) groups excluding carboxylic acids is 3. The number of aromatic nitrogens is 2. The topological polar surface area (TPSA) is 133 Å². The minimum atomic E-state index is -0.593. The molecule has 14 heteroatoms. The summed E-state index contributed by atoms with van der Waals surface area (Å²) in [5, 5.41) is 3.78. The number of aryl methyl sites for hydroxylation is 1. The first-order chi connectivity index (χ1) is 27.9. The van der Waals surface area contributed by atoms with Crippen molar-refractivity contribution in [2.24, 2.45) is 18.4 Å². The van der Waals surface area contributed by atoms with Crippen LogP contribution in [0.25, 0.3) is 21.9 Å². The number of carbonyl (C=O) groups is 3. The van der Waals surface area contributed by atoms with E-state index >= 15 is 0 Å². The lowest BCUT2D eigenvalue weighted by Gasteiger charge is -2.55. The molecule has 1 spiro atoms. The van der Waals surface area contributed by atoms with E-state index in [1.807, 2.05) is 43.4 Å². The van der Waals surface area contributed by atoms with Crippen LogP contribution in [0.4, 0.5) is 11.5 Å². The number of methoxy groups -OCH3 is 2. The summed E-state index contributed by atoms with van der Waals surface area (Å²) in [5.41, 5.74) is 5.75. The summed E-state index contributed by atoms with van der Waals surface area (Å²) in [6, 6.07) is 11.6. The Hall–Kier alpha value is -5.47. The van der Waals surface area contributed by atoms with Gasteiger partial charge in [-0.15, -0.1) is 0 Å². The Morgan fingerprint density at radius 3 is 2.31 bits per heavy atom. The van der Waals surface area contributed by atoms with Gasteiger partial charge in [-0.1, -0.05) is 6.07 Å². The Balaban J connectivity index is 0.784. The average Bonchev–Trinajstić information content (AvgIpc) is 3.52. The number of likely N-dealkylation sites (tertiary alicyclic amines) is 2. The van der Waals surface area contributed by atoms with Crippen LogP contribution >= 0.6 is 0 Å². The van der Waals surface area contributed by atoms with Gasteiger partial charge in [0.2, 0.25) is 11.8 Å². The zero-order valence-electron chi connectivity index (χ0n) is 34.0. The van der Waals surface area contributed by atoms with Crippen molar-refractivity contribution >= 4 is 40.0 Å². The second-order valence-electron chi connectivity index (χ2n) is 17.3. The number of hydrogen-bond donors (Lipinski definition) is 1. The molecule has 58 heavy (non-hydrogen) atoms. The van der Waals surface area contributed by atoms with E-state index in [9.17, 15) is 19.2 Å². The molecule has 7 heterocycles. The standard InChI is InChI=1S/C44H52N8O6/c1-47(2)39-17-32-33(18-45-39)42(55)48(3)23-34(32)29-14-37(57-4)35(38(15-29)58-5)24-50-20-27(21-50)19-49-12-10-44(11-13-49)25-51(26-44)30-7-6-28-22-52(43(56)31(28)16-30)36-8-9-40(53)46-41(36)54/h6-7,14-18,23,27,36H,8-13,19-22,24-26H2,1-5H3,(H,46,53,54). The summed E-state index contributed by atoms with van der Waals surface area (Å²) in [4.78, 5) is 66.1. The number of anilines is 2. The summed E-state index contributed by atoms with van der Waals surface area (Å²) < 4.78 is 13.6. The molecule has 2 aromatic heterocycles. The first-order valence-corrected chi connectivity index (χ1v) is 20.3. The van der Waals surface area contributed by atoms with Gasteiger partial charge in [-0.25, -0.2) is 4.98 Å². The molecule has 304 valence electrons. The van der Waals surface area contributed by atoms with Gasteiger partial charge in [-0.2, -0.15) is 0 Å². The Labute approximate surface area is 338 Å². The molecule has 1 N–H and O–H groups in total. The fourth-order valence-corrected chi connectivity index (χ4v) is 9.84. The number of imide groups is 1. The van der Waals surface area contributed by atoms with Gasteiger partial charge in [0, 0.05) is 113 Å². The molecule has 5 aliphatic rings. The van der Waals surface area contributed by atoms with Crippen molar-refractivity contribution in [3.8, 4) is 22.6 Å². The van der Waals surface area contributed by atoms with Gasteiger partial charge in [0.05, 0.1) is 25.2 Å². The number of rotatable bonds is 10. The van der Waals surface area contributed by atoms with Crippen LogP contribution in [0.2, 0.25) is 0 Å². The van der Waals surface area contributed by atoms with Gasteiger partial charge in [-0.05, 0) is 79.7 Å². The maximum absolute atomic E-state index is 13.4. The predicted octanol–water partition coefficient (Wildman–Crippen LogP) is 3.48. The van der Waals surface area contributed by atoms with Gasteiger partial charge < -0.3 is 33.6 Å². The van der Waals surface area contributed by atoms with Crippen molar-refractivity contribution < 1.29 is 23.9 Å². The molecule has 0 bridgehead atoms. The van der Waals surface area contributed by atoms with Gasteiger partial charge in [0.25, 0.3) is 11.5 Å². The number of nitrogens with zero attached hydrogens (tertiary/aromatic N) is 7. The summed E-state index contributed by atoms with van der Waals surface area (Å²) in [5.74, 6) is 2.14. The summed E-state index contributed by atoms with van der Waals surface area (Å²) >= 11 is 0. The molecule has 1 unspecified atom stereocenters. The van der Waals surface area contributed by atoms with Gasteiger partial charge in [0.15, 0.2) is 0 Å². The highest BCUT2D eigenvalue weighted by Crippen LogP contribution is 2.44. The fourth-order valence-electron chi connectivity index (χ4n) is 9.84. The van der Waals surface area contributed by atoms with Crippen LogP contribution in [0.5, 0.6) is 11.5 Å². The number of ether oxygens (including phenoxy) is 2. The quantitative estimate of drug-likeness (QED) is 0.237.